The summed E-state index contributed by atoms with van der Waals surface area (Å²) in [7, 11) is 0. The first-order valence-electron chi connectivity index (χ1n) is 9.86. The topological polar surface area (TPSA) is 78.4 Å². The maximum absolute atomic E-state index is 13.3. The van der Waals surface area contributed by atoms with Gasteiger partial charge in [0.2, 0.25) is 0 Å². The van der Waals surface area contributed by atoms with Crippen molar-refractivity contribution in [2.24, 2.45) is 0 Å². The summed E-state index contributed by atoms with van der Waals surface area (Å²) in [6.07, 6.45) is -3.20. The Morgan fingerprint density at radius 2 is 1.55 bits per heavy atom. The Kier molecular flexibility index (Phi) is 8.03. The predicted molar refractivity (Wildman–Crippen MR) is 115 cm³/mol. The highest BCUT2D eigenvalue weighted by atomic mass is 19.3. The number of carbonyl (C=O) groups is 2. The molecule has 0 saturated carbocycles. The Balaban J connectivity index is 2.02. The SMILES string of the molecule is CCC(=O)C(C)(NCNC(=O)c1ccc(C#Cc2ccccc2)cc1)C(C)(O)C(F)F. The van der Waals surface area contributed by atoms with Crippen LogP contribution in [0.4, 0.5) is 8.78 Å². The quantitative estimate of drug-likeness (QED) is 0.446. The average Bonchev–Trinajstić information content (AvgIpc) is 2.77. The van der Waals surface area contributed by atoms with Crippen LogP contribution in [0.15, 0.2) is 54.6 Å². The minimum Gasteiger partial charge on any atom is -0.382 e. The average molecular weight is 428 g/mol. The van der Waals surface area contributed by atoms with E-state index in [-0.39, 0.29) is 13.1 Å². The second-order valence-electron chi connectivity index (χ2n) is 7.40. The van der Waals surface area contributed by atoms with E-state index < -0.39 is 29.3 Å². The minimum atomic E-state index is -3.15. The molecule has 7 heteroatoms. The molecule has 2 aromatic rings. The second kappa shape index (κ2) is 10.3. The zero-order chi connectivity index (χ0) is 23.1. The van der Waals surface area contributed by atoms with Crippen LogP contribution in [-0.4, -0.2) is 41.0 Å². The van der Waals surface area contributed by atoms with Gasteiger partial charge in [-0.15, -0.1) is 0 Å². The fourth-order valence-electron chi connectivity index (χ4n) is 2.91. The first-order valence-corrected chi connectivity index (χ1v) is 9.86. The van der Waals surface area contributed by atoms with Gasteiger partial charge < -0.3 is 10.4 Å². The number of alkyl halides is 2. The molecule has 2 aromatic carbocycles. The lowest BCUT2D eigenvalue weighted by Gasteiger charge is -2.41. The van der Waals surface area contributed by atoms with Crippen molar-refractivity contribution in [1.29, 1.82) is 0 Å². The van der Waals surface area contributed by atoms with Crippen LogP contribution in [0, 0.1) is 11.8 Å². The number of aliphatic hydroxyl groups is 1. The molecule has 0 spiro atoms. The lowest BCUT2D eigenvalue weighted by molar-refractivity contribution is -0.158. The maximum Gasteiger partial charge on any atom is 0.268 e. The third kappa shape index (κ3) is 5.75. The molecule has 0 heterocycles. The number of Topliss-reactive ketones (excluding diaryl/α,β-unsaturated/α-hetero) is 1. The number of nitrogens with one attached hydrogen (secondary N) is 2. The Bertz CT molecular complexity index is 964. The number of amides is 1. The van der Waals surface area contributed by atoms with Gasteiger partial charge in [-0.25, -0.2) is 8.78 Å². The summed E-state index contributed by atoms with van der Waals surface area (Å²) < 4.78 is 26.6. The van der Waals surface area contributed by atoms with Gasteiger partial charge in [0.05, 0.1) is 6.67 Å². The molecule has 0 saturated heterocycles. The Morgan fingerprint density at radius 3 is 2.06 bits per heavy atom. The highest BCUT2D eigenvalue weighted by Gasteiger charge is 2.53. The highest BCUT2D eigenvalue weighted by Crippen LogP contribution is 2.30. The molecule has 0 aliphatic heterocycles. The van der Waals surface area contributed by atoms with E-state index in [1.165, 1.54) is 13.8 Å². The van der Waals surface area contributed by atoms with E-state index in [0.29, 0.717) is 5.56 Å². The fourth-order valence-corrected chi connectivity index (χ4v) is 2.91. The number of ketones is 1. The van der Waals surface area contributed by atoms with Gasteiger partial charge in [0.15, 0.2) is 5.78 Å². The summed E-state index contributed by atoms with van der Waals surface area (Å²) in [5.41, 5.74) is -2.59. The van der Waals surface area contributed by atoms with Gasteiger partial charge in [-0.1, -0.05) is 37.0 Å². The van der Waals surface area contributed by atoms with Crippen molar-refractivity contribution < 1.29 is 23.5 Å². The van der Waals surface area contributed by atoms with Crippen molar-refractivity contribution in [3.05, 3.63) is 71.3 Å². The molecule has 0 aromatic heterocycles. The summed E-state index contributed by atoms with van der Waals surface area (Å²) in [5.74, 6) is 4.98. The Labute approximate surface area is 180 Å². The summed E-state index contributed by atoms with van der Waals surface area (Å²) in [6, 6.07) is 16.1. The van der Waals surface area contributed by atoms with Gasteiger partial charge in [-0.3, -0.25) is 14.9 Å². The van der Waals surface area contributed by atoms with Crippen LogP contribution in [0.25, 0.3) is 0 Å². The standard InChI is InChI=1S/C24H26F2N2O3/c1-4-20(29)23(2,24(3,31)22(25)26)28-16-27-21(30)19-14-12-18(13-15-19)11-10-17-8-6-5-7-9-17/h5-9,12-15,22,28,31H,4,16H2,1-3H3,(H,27,30). The molecular weight excluding hydrogens is 402 g/mol. The molecule has 164 valence electrons. The smallest absolute Gasteiger partial charge is 0.268 e. The predicted octanol–water partition coefficient (Wildman–Crippen LogP) is 3.12. The normalized spacial score (nSPS) is 14.7. The zero-order valence-corrected chi connectivity index (χ0v) is 17.7. The largest absolute Gasteiger partial charge is 0.382 e. The molecule has 0 bridgehead atoms. The van der Waals surface area contributed by atoms with Crippen LogP contribution < -0.4 is 10.6 Å². The number of halogens is 2. The molecule has 1 amide bonds. The summed E-state index contributed by atoms with van der Waals surface area (Å²) >= 11 is 0. The van der Waals surface area contributed by atoms with Crippen LogP contribution in [0.5, 0.6) is 0 Å². The third-order valence-corrected chi connectivity index (χ3v) is 5.28. The van der Waals surface area contributed by atoms with Crippen molar-refractivity contribution in [3.8, 4) is 11.8 Å². The molecule has 5 nitrogen and oxygen atoms in total. The first-order chi connectivity index (χ1) is 14.6. The van der Waals surface area contributed by atoms with E-state index in [1.807, 2.05) is 30.3 Å². The van der Waals surface area contributed by atoms with Crippen LogP contribution in [0.2, 0.25) is 0 Å². The monoisotopic (exact) mass is 428 g/mol. The number of benzene rings is 2. The molecule has 3 N–H and O–H groups in total. The van der Waals surface area contributed by atoms with E-state index in [0.717, 1.165) is 18.1 Å². The molecule has 0 aliphatic carbocycles. The van der Waals surface area contributed by atoms with Crippen molar-refractivity contribution in [2.45, 2.75) is 44.8 Å². The van der Waals surface area contributed by atoms with Crippen molar-refractivity contribution in [3.63, 3.8) is 0 Å². The van der Waals surface area contributed by atoms with E-state index in [2.05, 4.69) is 22.5 Å². The zero-order valence-electron chi connectivity index (χ0n) is 17.7. The van der Waals surface area contributed by atoms with Crippen LogP contribution >= 0.6 is 0 Å². The van der Waals surface area contributed by atoms with E-state index in [1.54, 1.807) is 24.3 Å². The first kappa shape index (κ1) is 24.2. The maximum atomic E-state index is 13.3. The molecule has 0 fully saturated rings. The number of hydrogen-bond donors (Lipinski definition) is 3. The lowest BCUT2D eigenvalue weighted by atomic mass is 9.78. The van der Waals surface area contributed by atoms with E-state index in [4.69, 9.17) is 0 Å². The van der Waals surface area contributed by atoms with Crippen molar-refractivity contribution in [2.75, 3.05) is 6.67 Å². The third-order valence-electron chi connectivity index (χ3n) is 5.28. The molecular formula is C24H26F2N2O3. The van der Waals surface area contributed by atoms with Gasteiger partial charge in [-0.05, 0) is 50.2 Å². The van der Waals surface area contributed by atoms with Crippen LogP contribution in [0.3, 0.4) is 0 Å². The summed E-state index contributed by atoms with van der Waals surface area (Å²) in [6.45, 7) is 3.34. The number of carbonyl (C=O) groups excluding carboxylic acids is 2. The second-order valence-corrected chi connectivity index (χ2v) is 7.40. The lowest BCUT2D eigenvalue weighted by Crippen LogP contribution is -2.68. The number of hydrogen-bond acceptors (Lipinski definition) is 4. The van der Waals surface area contributed by atoms with Gasteiger partial charge >= 0.3 is 0 Å². The van der Waals surface area contributed by atoms with Gasteiger partial charge in [0.1, 0.15) is 11.1 Å². The Hall–Kier alpha value is -3.08. The van der Waals surface area contributed by atoms with Gasteiger partial charge in [0, 0.05) is 23.1 Å². The molecule has 31 heavy (non-hydrogen) atoms. The highest BCUT2D eigenvalue weighted by molar-refractivity contribution is 5.94. The van der Waals surface area contributed by atoms with Gasteiger partial charge in [0.25, 0.3) is 12.3 Å². The van der Waals surface area contributed by atoms with Crippen molar-refractivity contribution in [1.82, 2.24) is 10.6 Å². The van der Waals surface area contributed by atoms with E-state index >= 15 is 0 Å². The molecule has 2 atom stereocenters. The molecule has 2 unspecified atom stereocenters. The minimum absolute atomic E-state index is 0.0498. The van der Waals surface area contributed by atoms with Crippen LogP contribution in [-0.2, 0) is 4.79 Å². The fraction of sp³-hybridized carbons (Fsp3) is 0.333. The summed E-state index contributed by atoms with van der Waals surface area (Å²) in [4.78, 5) is 24.6. The Morgan fingerprint density at radius 1 is 1.00 bits per heavy atom. The molecule has 0 aliphatic rings. The van der Waals surface area contributed by atoms with Crippen LogP contribution in [0.1, 0.15) is 48.7 Å². The van der Waals surface area contributed by atoms with E-state index in [9.17, 15) is 23.5 Å². The number of rotatable bonds is 8. The summed E-state index contributed by atoms with van der Waals surface area (Å²) in [5, 5.41) is 15.3. The molecule has 0 radical (unpaired) electrons. The van der Waals surface area contributed by atoms with Gasteiger partial charge in [-0.2, -0.15) is 0 Å². The van der Waals surface area contributed by atoms with Crippen molar-refractivity contribution >= 4 is 11.7 Å². The molecule has 2 rings (SSSR count).